The Morgan fingerprint density at radius 3 is 2.43 bits per heavy atom. The highest BCUT2D eigenvalue weighted by atomic mass is 15.2. The van der Waals surface area contributed by atoms with Gasteiger partial charge >= 0.3 is 0 Å². The van der Waals surface area contributed by atoms with Gasteiger partial charge in [0, 0.05) is 6.20 Å². The van der Waals surface area contributed by atoms with Crippen molar-refractivity contribution in [3.63, 3.8) is 0 Å². The first-order chi connectivity index (χ1) is 10.0. The molecule has 0 N–H and O–H groups in total. The Bertz CT molecular complexity index is 843. The number of rotatable bonds is 2. The van der Waals surface area contributed by atoms with Gasteiger partial charge in [0.2, 0.25) is 0 Å². The molecule has 2 heterocycles. The molecule has 0 aliphatic rings. The van der Waals surface area contributed by atoms with Gasteiger partial charge in [-0.15, -0.1) is 10.2 Å². The Morgan fingerprint density at radius 1 is 0.905 bits per heavy atom. The van der Waals surface area contributed by atoms with Gasteiger partial charge in [0.25, 0.3) is 0 Å². The zero-order valence-corrected chi connectivity index (χ0v) is 12.8. The summed E-state index contributed by atoms with van der Waals surface area (Å²) < 4.78 is 1.97. The molecule has 2 aromatic heterocycles. The van der Waals surface area contributed by atoms with Gasteiger partial charge in [-0.2, -0.15) is 0 Å². The molecule has 1 aromatic carbocycles. The Hall–Kier alpha value is -2.49. The number of azo groups is 1. The predicted molar refractivity (Wildman–Crippen MR) is 84.8 cm³/mol. The fourth-order valence-corrected chi connectivity index (χ4v) is 2.39. The van der Waals surface area contributed by atoms with Crippen LogP contribution in [0.1, 0.15) is 22.4 Å². The molecule has 4 heteroatoms. The number of benzene rings is 1. The lowest BCUT2D eigenvalue weighted by Gasteiger charge is -2.01. The normalized spacial score (nSPS) is 11.6. The highest BCUT2D eigenvalue weighted by Crippen LogP contribution is 2.26. The van der Waals surface area contributed by atoms with Crippen LogP contribution < -0.4 is 0 Å². The maximum atomic E-state index is 4.53. The van der Waals surface area contributed by atoms with E-state index in [4.69, 9.17) is 0 Å². The van der Waals surface area contributed by atoms with Gasteiger partial charge < -0.3 is 0 Å². The zero-order valence-electron chi connectivity index (χ0n) is 12.8. The minimum Gasteiger partial charge on any atom is -0.283 e. The molecule has 0 spiro atoms. The third kappa shape index (κ3) is 2.57. The predicted octanol–water partition coefficient (Wildman–Crippen LogP) is 4.98. The van der Waals surface area contributed by atoms with Crippen LogP contribution in [0.3, 0.4) is 0 Å². The lowest BCUT2D eigenvalue weighted by molar-refractivity contribution is 1.08. The van der Waals surface area contributed by atoms with E-state index in [2.05, 4.69) is 35.1 Å². The van der Waals surface area contributed by atoms with Gasteiger partial charge in [-0.25, -0.2) is 4.98 Å². The van der Waals surface area contributed by atoms with Crippen molar-refractivity contribution in [2.75, 3.05) is 0 Å². The summed E-state index contributed by atoms with van der Waals surface area (Å²) in [6.07, 6.45) is 1.99. The van der Waals surface area contributed by atoms with Crippen molar-refractivity contribution in [1.29, 1.82) is 0 Å². The van der Waals surface area contributed by atoms with Gasteiger partial charge in [0.1, 0.15) is 5.65 Å². The number of aromatic nitrogens is 2. The van der Waals surface area contributed by atoms with Gasteiger partial charge in [0.05, 0.1) is 11.4 Å². The van der Waals surface area contributed by atoms with E-state index in [9.17, 15) is 0 Å². The Labute approximate surface area is 124 Å². The number of hydrogen-bond acceptors (Lipinski definition) is 3. The van der Waals surface area contributed by atoms with Crippen LogP contribution in [0.25, 0.3) is 5.65 Å². The highest BCUT2D eigenvalue weighted by molar-refractivity contribution is 5.53. The average molecular weight is 278 g/mol. The maximum absolute atomic E-state index is 4.53. The molecule has 0 bridgehead atoms. The van der Waals surface area contributed by atoms with Crippen LogP contribution >= 0.6 is 0 Å². The first kappa shape index (κ1) is 13.5. The summed E-state index contributed by atoms with van der Waals surface area (Å²) in [5.41, 5.74) is 6.22. The molecule has 0 aliphatic carbocycles. The molecule has 0 aliphatic heterocycles. The first-order valence-electron chi connectivity index (χ1n) is 6.99. The third-order valence-electron chi connectivity index (χ3n) is 3.53. The minimum absolute atomic E-state index is 0.782. The van der Waals surface area contributed by atoms with E-state index in [0.717, 1.165) is 28.4 Å². The molecule has 3 aromatic rings. The summed E-state index contributed by atoms with van der Waals surface area (Å²) in [6, 6.07) is 10.2. The van der Waals surface area contributed by atoms with Crippen molar-refractivity contribution in [2.24, 2.45) is 10.2 Å². The van der Waals surface area contributed by atoms with Crippen LogP contribution in [0.5, 0.6) is 0 Å². The van der Waals surface area contributed by atoms with Crippen molar-refractivity contribution < 1.29 is 0 Å². The van der Waals surface area contributed by atoms with Crippen LogP contribution in [0.4, 0.5) is 11.5 Å². The molecule has 4 nitrogen and oxygen atoms in total. The van der Waals surface area contributed by atoms with E-state index in [0.29, 0.717) is 0 Å². The molecule has 0 saturated heterocycles. The number of fused-ring (bicyclic) bond motifs is 1. The summed E-state index contributed by atoms with van der Waals surface area (Å²) in [4.78, 5) is 4.53. The highest BCUT2D eigenvalue weighted by Gasteiger charge is 2.08. The van der Waals surface area contributed by atoms with Crippen LogP contribution in [0.2, 0.25) is 0 Å². The van der Waals surface area contributed by atoms with Crippen molar-refractivity contribution in [3.05, 3.63) is 58.9 Å². The van der Waals surface area contributed by atoms with E-state index < -0.39 is 0 Å². The van der Waals surface area contributed by atoms with Gasteiger partial charge in [-0.3, -0.25) is 4.40 Å². The smallest absolute Gasteiger partial charge is 0.182 e. The zero-order chi connectivity index (χ0) is 15.0. The van der Waals surface area contributed by atoms with Gasteiger partial charge in [-0.1, -0.05) is 17.7 Å². The van der Waals surface area contributed by atoms with E-state index in [1.54, 1.807) is 0 Å². The molecule has 21 heavy (non-hydrogen) atoms. The van der Waals surface area contributed by atoms with Crippen LogP contribution in [0, 0.1) is 27.7 Å². The van der Waals surface area contributed by atoms with Crippen molar-refractivity contribution >= 4 is 17.2 Å². The number of imidazole rings is 1. The summed E-state index contributed by atoms with van der Waals surface area (Å²) in [5, 5.41) is 8.80. The lowest BCUT2D eigenvalue weighted by Crippen LogP contribution is -1.84. The number of pyridine rings is 1. The second-order valence-corrected chi connectivity index (χ2v) is 5.44. The average Bonchev–Trinajstić information content (AvgIpc) is 2.72. The fraction of sp³-hybridized carbons (Fsp3) is 0.235. The largest absolute Gasteiger partial charge is 0.283 e. The van der Waals surface area contributed by atoms with E-state index in [1.165, 1.54) is 11.1 Å². The summed E-state index contributed by atoms with van der Waals surface area (Å²) >= 11 is 0. The minimum atomic E-state index is 0.782. The molecule has 0 amide bonds. The summed E-state index contributed by atoms with van der Waals surface area (Å²) in [6.45, 7) is 8.14. The quantitative estimate of drug-likeness (QED) is 0.609. The van der Waals surface area contributed by atoms with Crippen LogP contribution in [-0.4, -0.2) is 9.38 Å². The second kappa shape index (κ2) is 5.13. The van der Waals surface area contributed by atoms with E-state index in [1.807, 2.05) is 48.7 Å². The summed E-state index contributed by atoms with van der Waals surface area (Å²) in [5.74, 6) is 0.782. The molecular formula is C17H18N4. The van der Waals surface area contributed by atoms with Gasteiger partial charge in [0.15, 0.2) is 5.82 Å². The molecule has 3 rings (SSSR count). The monoisotopic (exact) mass is 278 g/mol. The Morgan fingerprint density at radius 2 is 1.67 bits per heavy atom. The molecule has 0 saturated carbocycles. The van der Waals surface area contributed by atoms with Crippen molar-refractivity contribution in [2.45, 2.75) is 27.7 Å². The molecule has 0 radical (unpaired) electrons. The fourth-order valence-electron chi connectivity index (χ4n) is 2.39. The summed E-state index contributed by atoms with van der Waals surface area (Å²) in [7, 11) is 0. The topological polar surface area (TPSA) is 42.0 Å². The number of nitrogens with zero attached hydrogens (tertiary/aromatic N) is 4. The SMILES string of the molecule is Cc1ccc(N=Nc2c(C)nc3cc(C)ccn23)c(C)c1. The first-order valence-corrected chi connectivity index (χ1v) is 6.99. The molecule has 0 unspecified atom stereocenters. The molecule has 106 valence electrons. The number of aryl methyl sites for hydroxylation is 4. The second-order valence-electron chi connectivity index (χ2n) is 5.44. The third-order valence-corrected chi connectivity index (χ3v) is 3.53. The maximum Gasteiger partial charge on any atom is 0.182 e. The molecule has 0 fully saturated rings. The van der Waals surface area contributed by atoms with Crippen LogP contribution in [-0.2, 0) is 0 Å². The molecule has 0 atom stereocenters. The van der Waals surface area contributed by atoms with E-state index >= 15 is 0 Å². The van der Waals surface area contributed by atoms with E-state index in [-0.39, 0.29) is 0 Å². The van der Waals surface area contributed by atoms with Gasteiger partial charge in [-0.05, 0) is 57.0 Å². The van der Waals surface area contributed by atoms with Crippen molar-refractivity contribution in [1.82, 2.24) is 9.38 Å². The Balaban J connectivity index is 2.05. The lowest BCUT2D eigenvalue weighted by atomic mass is 10.1. The molecular weight excluding hydrogens is 260 g/mol. The number of hydrogen-bond donors (Lipinski definition) is 0. The van der Waals surface area contributed by atoms with Crippen molar-refractivity contribution in [3.8, 4) is 0 Å². The standard InChI is InChI=1S/C17H18N4/c1-11-5-6-15(13(3)9-11)19-20-17-14(4)18-16-10-12(2)7-8-21(16)17/h5-10H,1-4H3. The Kier molecular flexibility index (Phi) is 3.29. The van der Waals surface area contributed by atoms with Crippen LogP contribution in [0.15, 0.2) is 46.8 Å².